The lowest BCUT2D eigenvalue weighted by molar-refractivity contribution is 0.484. The van der Waals surface area contributed by atoms with Gasteiger partial charge in [0.2, 0.25) is 0 Å². The molecule has 0 atom stereocenters. The Balaban J connectivity index is 1.28. The predicted octanol–water partition coefficient (Wildman–Crippen LogP) is 10.1. The highest BCUT2D eigenvalue weighted by Crippen LogP contribution is 2.38. The van der Waals surface area contributed by atoms with Crippen LogP contribution in [0.15, 0.2) is 122 Å². The van der Waals surface area contributed by atoms with E-state index in [1.54, 1.807) is 0 Å². The third-order valence-electron chi connectivity index (χ3n) is 8.25. The van der Waals surface area contributed by atoms with Crippen LogP contribution >= 0.6 is 0 Å². The van der Waals surface area contributed by atoms with Crippen LogP contribution in [0, 0.1) is 0 Å². The molecule has 5 aromatic carbocycles. The van der Waals surface area contributed by atoms with Gasteiger partial charge >= 0.3 is 0 Å². The Morgan fingerprint density at radius 2 is 1.31 bits per heavy atom. The van der Waals surface area contributed by atoms with Crippen molar-refractivity contribution in [2.45, 2.75) is 26.2 Å². The first-order valence-corrected chi connectivity index (χ1v) is 14.3. The van der Waals surface area contributed by atoms with E-state index < -0.39 is 0 Å². The molecule has 0 saturated heterocycles. The Hall–Kier alpha value is -5.22. The average molecular weight is 544 g/mol. The standard InChI is InChI=1S/C38H29N3O/c1-38(2,3)27-20-26-14-13-25-12-11-24-15-16-28(21-32(24)36(25)37(26)40-23-27)42-29-17-18-31-30-8-4-5-9-33(30)41(34(31)22-29)35-10-6-7-19-39-35/h4-23H,1-3H3. The van der Waals surface area contributed by atoms with E-state index in [4.69, 9.17) is 9.72 Å². The summed E-state index contributed by atoms with van der Waals surface area (Å²) in [6.07, 6.45) is 3.86. The van der Waals surface area contributed by atoms with Gasteiger partial charge in [0, 0.05) is 40.0 Å². The highest BCUT2D eigenvalue weighted by atomic mass is 16.5. The second-order valence-electron chi connectivity index (χ2n) is 12.0. The molecule has 0 saturated carbocycles. The summed E-state index contributed by atoms with van der Waals surface area (Å²) in [6, 6.07) is 38.1. The summed E-state index contributed by atoms with van der Waals surface area (Å²) in [4.78, 5) is 9.64. The van der Waals surface area contributed by atoms with Crippen molar-refractivity contribution in [3.63, 3.8) is 0 Å². The fourth-order valence-electron chi connectivity index (χ4n) is 6.07. The molecule has 0 radical (unpaired) electrons. The van der Waals surface area contributed by atoms with Crippen molar-refractivity contribution < 1.29 is 4.74 Å². The molecule has 4 nitrogen and oxygen atoms in total. The first-order valence-electron chi connectivity index (χ1n) is 14.3. The smallest absolute Gasteiger partial charge is 0.137 e. The van der Waals surface area contributed by atoms with Crippen molar-refractivity contribution >= 4 is 54.3 Å². The van der Waals surface area contributed by atoms with Crippen LogP contribution in [0.1, 0.15) is 26.3 Å². The van der Waals surface area contributed by atoms with Crippen LogP contribution in [-0.2, 0) is 5.41 Å². The predicted molar refractivity (Wildman–Crippen MR) is 174 cm³/mol. The Morgan fingerprint density at radius 1 is 0.595 bits per heavy atom. The van der Waals surface area contributed by atoms with Gasteiger partial charge in [0.1, 0.15) is 17.3 Å². The highest BCUT2D eigenvalue weighted by molar-refractivity contribution is 6.19. The number of pyridine rings is 2. The number of nitrogens with zero attached hydrogens (tertiary/aromatic N) is 3. The molecule has 4 heteroatoms. The zero-order chi connectivity index (χ0) is 28.4. The van der Waals surface area contributed by atoms with Crippen LogP contribution < -0.4 is 4.74 Å². The van der Waals surface area contributed by atoms with Gasteiger partial charge in [0.15, 0.2) is 0 Å². The van der Waals surface area contributed by atoms with Gasteiger partial charge in [-0.05, 0) is 75.7 Å². The lowest BCUT2D eigenvalue weighted by Gasteiger charge is -2.19. The van der Waals surface area contributed by atoms with E-state index in [0.29, 0.717) is 0 Å². The number of para-hydroxylation sites is 1. The van der Waals surface area contributed by atoms with Gasteiger partial charge in [0.05, 0.1) is 16.6 Å². The van der Waals surface area contributed by atoms with Gasteiger partial charge in [0.25, 0.3) is 0 Å². The maximum atomic E-state index is 6.55. The van der Waals surface area contributed by atoms with Gasteiger partial charge in [-0.15, -0.1) is 0 Å². The quantitative estimate of drug-likeness (QED) is 0.208. The average Bonchev–Trinajstić information content (AvgIpc) is 3.34. The molecule has 0 spiro atoms. The van der Waals surface area contributed by atoms with E-state index in [1.165, 1.54) is 21.7 Å². The summed E-state index contributed by atoms with van der Waals surface area (Å²) < 4.78 is 8.76. The van der Waals surface area contributed by atoms with Gasteiger partial charge in [-0.25, -0.2) is 4.98 Å². The SMILES string of the molecule is CC(C)(C)c1cnc2c(ccc3ccc4ccc(Oc5ccc6c7ccccc7n(-c7ccccn7)c6c5)cc4c32)c1. The van der Waals surface area contributed by atoms with Crippen LogP contribution in [0.2, 0.25) is 0 Å². The first kappa shape index (κ1) is 24.6. The number of aromatic nitrogens is 3. The number of hydrogen-bond donors (Lipinski definition) is 0. The second kappa shape index (κ2) is 9.15. The van der Waals surface area contributed by atoms with Crippen molar-refractivity contribution in [2.24, 2.45) is 0 Å². The fourth-order valence-corrected chi connectivity index (χ4v) is 6.07. The van der Waals surface area contributed by atoms with Gasteiger partial charge in [-0.3, -0.25) is 9.55 Å². The molecule has 0 aliphatic rings. The van der Waals surface area contributed by atoms with Gasteiger partial charge in [-0.1, -0.05) is 75.4 Å². The fraction of sp³-hybridized carbons (Fsp3) is 0.105. The molecule has 0 aliphatic heterocycles. The molecule has 0 fully saturated rings. The summed E-state index contributed by atoms with van der Waals surface area (Å²) in [6.45, 7) is 6.68. The van der Waals surface area contributed by atoms with Crippen molar-refractivity contribution in [2.75, 3.05) is 0 Å². The summed E-state index contributed by atoms with van der Waals surface area (Å²) in [5.41, 5.74) is 4.47. The lowest BCUT2D eigenvalue weighted by atomic mass is 9.87. The second-order valence-corrected chi connectivity index (χ2v) is 12.0. The number of benzene rings is 5. The number of ether oxygens (including phenoxy) is 1. The Morgan fingerprint density at radius 3 is 2.14 bits per heavy atom. The van der Waals surface area contributed by atoms with Crippen molar-refractivity contribution in [3.05, 3.63) is 127 Å². The molecular formula is C38H29N3O. The summed E-state index contributed by atoms with van der Waals surface area (Å²) in [5.74, 6) is 2.45. The summed E-state index contributed by atoms with van der Waals surface area (Å²) in [5, 5.41) is 8.13. The zero-order valence-corrected chi connectivity index (χ0v) is 23.8. The summed E-state index contributed by atoms with van der Waals surface area (Å²) >= 11 is 0. The van der Waals surface area contributed by atoms with Crippen LogP contribution in [0.3, 0.4) is 0 Å². The molecule has 202 valence electrons. The van der Waals surface area contributed by atoms with E-state index in [0.717, 1.165) is 55.4 Å². The molecular weight excluding hydrogens is 514 g/mol. The van der Waals surface area contributed by atoms with Crippen LogP contribution in [-0.4, -0.2) is 14.5 Å². The van der Waals surface area contributed by atoms with E-state index in [2.05, 4.69) is 115 Å². The Bertz CT molecular complexity index is 2310. The van der Waals surface area contributed by atoms with Crippen LogP contribution in [0.4, 0.5) is 0 Å². The molecule has 3 aromatic heterocycles. The van der Waals surface area contributed by atoms with E-state index >= 15 is 0 Å². The molecule has 42 heavy (non-hydrogen) atoms. The molecule has 0 amide bonds. The maximum Gasteiger partial charge on any atom is 0.137 e. The number of hydrogen-bond acceptors (Lipinski definition) is 3. The van der Waals surface area contributed by atoms with Gasteiger partial charge < -0.3 is 4.74 Å². The summed E-state index contributed by atoms with van der Waals surface area (Å²) in [7, 11) is 0. The van der Waals surface area contributed by atoms with E-state index in [1.807, 2.05) is 36.7 Å². The van der Waals surface area contributed by atoms with Crippen molar-refractivity contribution in [1.29, 1.82) is 0 Å². The van der Waals surface area contributed by atoms with Crippen molar-refractivity contribution in [1.82, 2.24) is 14.5 Å². The van der Waals surface area contributed by atoms with E-state index in [-0.39, 0.29) is 5.41 Å². The molecule has 8 rings (SSSR count). The van der Waals surface area contributed by atoms with Crippen LogP contribution in [0.25, 0.3) is 60.1 Å². The molecule has 0 N–H and O–H groups in total. The third kappa shape index (κ3) is 3.91. The lowest BCUT2D eigenvalue weighted by Crippen LogP contribution is -2.11. The normalized spacial score (nSPS) is 12.2. The minimum absolute atomic E-state index is 0.0410. The highest BCUT2D eigenvalue weighted by Gasteiger charge is 2.17. The van der Waals surface area contributed by atoms with Gasteiger partial charge in [-0.2, -0.15) is 0 Å². The number of rotatable bonds is 3. The minimum Gasteiger partial charge on any atom is -0.457 e. The Kier molecular flexibility index (Phi) is 5.35. The largest absolute Gasteiger partial charge is 0.457 e. The molecule has 8 aromatic rings. The first-order chi connectivity index (χ1) is 20.4. The number of fused-ring (bicyclic) bond motifs is 8. The molecule has 0 bridgehead atoms. The Labute approximate surface area is 243 Å². The zero-order valence-electron chi connectivity index (χ0n) is 23.8. The van der Waals surface area contributed by atoms with Crippen LogP contribution in [0.5, 0.6) is 11.5 Å². The molecule has 0 unspecified atom stereocenters. The maximum absolute atomic E-state index is 6.55. The topological polar surface area (TPSA) is 39.9 Å². The third-order valence-corrected chi connectivity index (χ3v) is 8.25. The molecule has 3 heterocycles. The van der Waals surface area contributed by atoms with E-state index in [9.17, 15) is 0 Å². The monoisotopic (exact) mass is 543 g/mol. The molecule has 0 aliphatic carbocycles. The minimum atomic E-state index is 0.0410. The van der Waals surface area contributed by atoms with Crippen molar-refractivity contribution in [3.8, 4) is 17.3 Å².